The minimum atomic E-state index is -0.365. The third-order valence-electron chi connectivity index (χ3n) is 5.89. The summed E-state index contributed by atoms with van der Waals surface area (Å²) in [6.07, 6.45) is 5.05. The van der Waals surface area contributed by atoms with Crippen LogP contribution in [0.25, 0.3) is 0 Å². The Hall–Kier alpha value is -2.45. The molecule has 4 rings (SSSR count). The quantitative estimate of drug-likeness (QED) is 0.688. The summed E-state index contributed by atoms with van der Waals surface area (Å²) in [5.41, 5.74) is 5.29. The van der Waals surface area contributed by atoms with E-state index in [9.17, 15) is 9.59 Å². The summed E-state index contributed by atoms with van der Waals surface area (Å²) in [5.74, 6) is -0.140. The molecule has 0 saturated carbocycles. The molecule has 3 atom stereocenters. The van der Waals surface area contributed by atoms with Gasteiger partial charge in [-0.2, -0.15) is 0 Å². The van der Waals surface area contributed by atoms with Crippen molar-refractivity contribution in [2.75, 3.05) is 20.1 Å². The molecule has 3 N–H and O–H groups in total. The monoisotopic (exact) mass is 384 g/mol. The molecule has 150 valence electrons. The van der Waals surface area contributed by atoms with E-state index < -0.39 is 0 Å². The van der Waals surface area contributed by atoms with Crippen LogP contribution in [-0.2, 0) is 16.1 Å². The third kappa shape index (κ3) is 3.62. The zero-order valence-corrected chi connectivity index (χ0v) is 16.4. The van der Waals surface area contributed by atoms with Gasteiger partial charge in [0.05, 0.1) is 18.2 Å². The molecule has 3 aliphatic heterocycles. The summed E-state index contributed by atoms with van der Waals surface area (Å²) in [7, 11) is 1.79. The lowest BCUT2D eigenvalue weighted by Gasteiger charge is -2.39. The summed E-state index contributed by atoms with van der Waals surface area (Å²) in [6, 6.07) is 5.61. The average Bonchev–Trinajstić information content (AvgIpc) is 3.03. The number of nitrogens with one attached hydrogen (secondary N) is 3. The van der Waals surface area contributed by atoms with Crippen LogP contribution in [0.4, 0.5) is 0 Å². The minimum absolute atomic E-state index is 0.00464. The number of hydrogen-bond donors (Lipinski definition) is 3. The molecule has 4 heterocycles. The lowest BCUT2D eigenvalue weighted by molar-refractivity contribution is -0.136. The van der Waals surface area contributed by atoms with Crippen LogP contribution in [0, 0.1) is 11.8 Å². The first-order valence-corrected chi connectivity index (χ1v) is 9.97. The molecule has 0 aromatic carbocycles. The summed E-state index contributed by atoms with van der Waals surface area (Å²) in [4.78, 5) is 31.7. The van der Waals surface area contributed by atoms with Crippen LogP contribution in [0.15, 0.2) is 36.2 Å². The Morgan fingerprint density at radius 3 is 2.82 bits per heavy atom. The number of hydrazine groups is 1. The van der Waals surface area contributed by atoms with Crippen molar-refractivity contribution >= 4 is 11.8 Å². The van der Waals surface area contributed by atoms with E-state index >= 15 is 0 Å². The largest absolute Gasteiger partial charge is 0.339 e. The molecule has 1 aromatic rings. The molecule has 0 aliphatic carbocycles. The Labute approximate surface area is 165 Å². The van der Waals surface area contributed by atoms with Gasteiger partial charge in [-0.15, -0.1) is 0 Å². The van der Waals surface area contributed by atoms with E-state index in [1.165, 1.54) is 0 Å². The first kappa shape index (κ1) is 18.9. The van der Waals surface area contributed by atoms with E-state index in [1.807, 2.05) is 30.1 Å². The van der Waals surface area contributed by atoms with Gasteiger partial charge in [0.25, 0.3) is 0 Å². The standard InChI is InChI=1S/C20H28N6O2/c1-13-18(20(28)25(2)12-15-5-3-4-8-22-15)19-23-17(27)11-16(26(19)24-13)14-6-9-21-10-7-14/h3-5,8,11,13-14,18-19,21,24H,6-7,9-10,12H2,1-2H3,(H,23,27). The van der Waals surface area contributed by atoms with Crippen molar-refractivity contribution in [3.05, 3.63) is 41.9 Å². The fourth-order valence-electron chi connectivity index (χ4n) is 4.44. The predicted octanol–water partition coefficient (Wildman–Crippen LogP) is 0.204. The summed E-state index contributed by atoms with van der Waals surface area (Å²) >= 11 is 0. The van der Waals surface area contributed by atoms with Crippen LogP contribution in [0.5, 0.6) is 0 Å². The Balaban J connectivity index is 1.52. The minimum Gasteiger partial charge on any atom is -0.339 e. The maximum atomic E-state index is 13.3. The van der Waals surface area contributed by atoms with Crippen LogP contribution in [-0.4, -0.2) is 59.1 Å². The highest BCUT2D eigenvalue weighted by molar-refractivity contribution is 5.90. The van der Waals surface area contributed by atoms with Gasteiger partial charge < -0.3 is 15.5 Å². The molecular formula is C20H28N6O2. The lowest BCUT2D eigenvalue weighted by atomic mass is 9.91. The molecule has 2 amide bonds. The Morgan fingerprint density at radius 1 is 1.32 bits per heavy atom. The van der Waals surface area contributed by atoms with Crippen LogP contribution < -0.4 is 16.1 Å². The molecular weight excluding hydrogens is 356 g/mol. The van der Waals surface area contributed by atoms with Gasteiger partial charge in [-0.1, -0.05) is 6.07 Å². The smallest absolute Gasteiger partial charge is 0.247 e. The van der Waals surface area contributed by atoms with Crippen LogP contribution in [0.1, 0.15) is 25.5 Å². The zero-order chi connectivity index (χ0) is 19.7. The second-order valence-corrected chi connectivity index (χ2v) is 7.88. The highest BCUT2D eigenvalue weighted by Gasteiger charge is 2.49. The maximum absolute atomic E-state index is 13.3. The van der Waals surface area contributed by atoms with Gasteiger partial charge in [0, 0.05) is 37.0 Å². The van der Waals surface area contributed by atoms with Crippen molar-refractivity contribution in [3.8, 4) is 0 Å². The molecule has 2 saturated heterocycles. The highest BCUT2D eigenvalue weighted by Crippen LogP contribution is 2.34. The maximum Gasteiger partial charge on any atom is 0.247 e. The van der Waals surface area contributed by atoms with Gasteiger partial charge in [0.1, 0.15) is 6.17 Å². The molecule has 3 aliphatic rings. The number of allylic oxidation sites excluding steroid dienone is 1. The number of aromatic nitrogens is 1. The number of pyridine rings is 1. The van der Waals surface area contributed by atoms with Crippen LogP contribution in [0.2, 0.25) is 0 Å². The van der Waals surface area contributed by atoms with E-state index in [4.69, 9.17) is 0 Å². The number of hydrogen-bond acceptors (Lipinski definition) is 6. The van der Waals surface area contributed by atoms with Gasteiger partial charge in [-0.25, -0.2) is 5.43 Å². The summed E-state index contributed by atoms with van der Waals surface area (Å²) < 4.78 is 0. The van der Waals surface area contributed by atoms with E-state index in [1.54, 1.807) is 24.2 Å². The van der Waals surface area contributed by atoms with Crippen molar-refractivity contribution in [2.24, 2.45) is 11.8 Å². The van der Waals surface area contributed by atoms with E-state index in [-0.39, 0.29) is 29.9 Å². The van der Waals surface area contributed by atoms with Gasteiger partial charge in [0.2, 0.25) is 11.8 Å². The molecule has 8 nitrogen and oxygen atoms in total. The van der Waals surface area contributed by atoms with Crippen molar-refractivity contribution in [2.45, 2.75) is 38.5 Å². The van der Waals surface area contributed by atoms with Crippen molar-refractivity contribution in [1.82, 2.24) is 31.0 Å². The highest BCUT2D eigenvalue weighted by atomic mass is 16.2. The van der Waals surface area contributed by atoms with Crippen LogP contribution >= 0.6 is 0 Å². The van der Waals surface area contributed by atoms with Crippen LogP contribution in [0.3, 0.4) is 0 Å². The number of fused-ring (bicyclic) bond motifs is 1. The normalized spacial score (nSPS) is 27.8. The second kappa shape index (κ2) is 7.89. The zero-order valence-electron chi connectivity index (χ0n) is 16.4. The predicted molar refractivity (Wildman–Crippen MR) is 104 cm³/mol. The number of piperidine rings is 1. The lowest BCUT2D eigenvalue weighted by Crippen LogP contribution is -2.56. The fraction of sp³-hybridized carbons (Fsp3) is 0.550. The van der Waals surface area contributed by atoms with Gasteiger partial charge in [-0.05, 0) is 45.0 Å². The van der Waals surface area contributed by atoms with Gasteiger partial charge >= 0.3 is 0 Å². The topological polar surface area (TPSA) is 89.6 Å². The third-order valence-corrected chi connectivity index (χ3v) is 5.89. The van der Waals surface area contributed by atoms with Crippen molar-refractivity contribution < 1.29 is 9.59 Å². The van der Waals surface area contributed by atoms with Gasteiger partial charge in [0.15, 0.2) is 0 Å². The molecule has 0 bridgehead atoms. The van der Waals surface area contributed by atoms with Crippen molar-refractivity contribution in [1.29, 1.82) is 0 Å². The Morgan fingerprint density at radius 2 is 2.11 bits per heavy atom. The molecule has 2 fully saturated rings. The van der Waals surface area contributed by atoms with E-state index in [0.29, 0.717) is 12.5 Å². The molecule has 8 heteroatoms. The SMILES string of the molecule is CC1NN2C(C3CCNCC3)=CC(=O)NC2C1C(=O)N(C)Cc1ccccn1. The summed E-state index contributed by atoms with van der Waals surface area (Å²) in [5, 5.41) is 8.39. The Kier molecular flexibility index (Phi) is 5.32. The number of rotatable bonds is 4. The first-order valence-electron chi connectivity index (χ1n) is 9.97. The number of carbonyl (C=O) groups excluding carboxylic acids is 2. The van der Waals surface area contributed by atoms with E-state index in [0.717, 1.165) is 37.3 Å². The van der Waals surface area contributed by atoms with Crippen molar-refractivity contribution in [3.63, 3.8) is 0 Å². The van der Waals surface area contributed by atoms with E-state index in [2.05, 4.69) is 21.0 Å². The Bertz CT molecular complexity index is 761. The molecule has 0 spiro atoms. The van der Waals surface area contributed by atoms with Gasteiger partial charge in [-0.3, -0.25) is 19.6 Å². The molecule has 28 heavy (non-hydrogen) atoms. The average molecular weight is 384 g/mol. The molecule has 3 unspecified atom stereocenters. The number of amides is 2. The second-order valence-electron chi connectivity index (χ2n) is 7.88. The molecule has 0 radical (unpaired) electrons. The number of carbonyl (C=O) groups is 2. The molecule has 1 aromatic heterocycles. The first-order chi connectivity index (χ1) is 13.5. The number of nitrogens with zero attached hydrogens (tertiary/aromatic N) is 3. The summed E-state index contributed by atoms with van der Waals surface area (Å²) in [6.45, 7) is 4.35. The fourth-order valence-corrected chi connectivity index (χ4v) is 4.44.